The van der Waals surface area contributed by atoms with Gasteiger partial charge in [0, 0.05) is 29.7 Å². The van der Waals surface area contributed by atoms with Crippen molar-refractivity contribution in [3.63, 3.8) is 0 Å². The van der Waals surface area contributed by atoms with Crippen molar-refractivity contribution < 1.29 is 0 Å². The maximum absolute atomic E-state index is 4.75. The Morgan fingerprint density at radius 2 is 1.67 bits per heavy atom. The summed E-state index contributed by atoms with van der Waals surface area (Å²) in [6.45, 7) is 4.42. The average Bonchev–Trinajstić information content (AvgIpc) is 2.71. The smallest absolute Gasteiger partial charge is 0.138 e. The highest BCUT2D eigenvalue weighted by molar-refractivity contribution is 5.95. The largest absolute Gasteiger partial charge is 0.340 e. The molecular formula is C24H23N3. The third-order valence-corrected chi connectivity index (χ3v) is 4.84. The number of nitrogens with zero attached hydrogens (tertiary/aromatic N) is 2. The predicted molar refractivity (Wildman–Crippen MR) is 113 cm³/mol. The number of hydrogen-bond acceptors (Lipinski definition) is 3. The van der Waals surface area contributed by atoms with Crippen LogP contribution in [-0.2, 0) is 6.42 Å². The van der Waals surface area contributed by atoms with E-state index in [2.05, 4.69) is 84.8 Å². The number of pyridine rings is 2. The third kappa shape index (κ3) is 3.82. The molecule has 0 atom stereocenters. The van der Waals surface area contributed by atoms with Crippen molar-refractivity contribution in [3.8, 4) is 0 Å². The normalized spacial score (nSPS) is 11.1. The van der Waals surface area contributed by atoms with Crippen LogP contribution in [0.4, 0.5) is 11.5 Å². The Hall–Kier alpha value is -3.20. The van der Waals surface area contributed by atoms with Crippen LogP contribution >= 0.6 is 0 Å². The average molecular weight is 353 g/mol. The first-order valence-electron chi connectivity index (χ1n) is 9.33. The molecule has 27 heavy (non-hydrogen) atoms. The van der Waals surface area contributed by atoms with E-state index >= 15 is 0 Å². The molecule has 4 aromatic rings. The fraction of sp³-hybridized carbons (Fsp3) is 0.167. The summed E-state index contributed by atoms with van der Waals surface area (Å²) in [6, 6.07) is 21.1. The minimum absolute atomic E-state index is 0.499. The van der Waals surface area contributed by atoms with Gasteiger partial charge in [0.15, 0.2) is 0 Å². The monoisotopic (exact) mass is 353 g/mol. The molecule has 0 spiro atoms. The van der Waals surface area contributed by atoms with Gasteiger partial charge in [-0.3, -0.25) is 4.98 Å². The summed E-state index contributed by atoms with van der Waals surface area (Å²) in [5, 5.41) is 5.88. The molecule has 0 unspecified atom stereocenters. The Labute approximate surface area is 160 Å². The first kappa shape index (κ1) is 17.2. The second-order valence-electron chi connectivity index (χ2n) is 7.12. The molecule has 2 heterocycles. The molecule has 0 saturated heterocycles. The topological polar surface area (TPSA) is 37.8 Å². The molecule has 0 aliphatic rings. The SMILES string of the molecule is CC(C)c1cccc(Nc2ncc(Cc3ccncc3)c3ccccc23)c1. The zero-order valence-corrected chi connectivity index (χ0v) is 15.7. The van der Waals surface area contributed by atoms with Crippen LogP contribution in [0, 0.1) is 0 Å². The molecule has 3 heteroatoms. The fourth-order valence-corrected chi connectivity index (χ4v) is 3.32. The summed E-state index contributed by atoms with van der Waals surface area (Å²) in [5.74, 6) is 1.39. The highest BCUT2D eigenvalue weighted by Gasteiger charge is 2.09. The van der Waals surface area contributed by atoms with Crippen molar-refractivity contribution in [2.45, 2.75) is 26.2 Å². The summed E-state index contributed by atoms with van der Waals surface area (Å²) in [6.07, 6.45) is 6.50. The number of nitrogens with one attached hydrogen (secondary N) is 1. The van der Waals surface area contributed by atoms with E-state index in [-0.39, 0.29) is 0 Å². The Morgan fingerprint density at radius 1 is 0.889 bits per heavy atom. The number of aromatic nitrogens is 2. The molecule has 0 radical (unpaired) electrons. The van der Waals surface area contributed by atoms with Gasteiger partial charge >= 0.3 is 0 Å². The van der Waals surface area contributed by atoms with Crippen molar-refractivity contribution in [1.29, 1.82) is 0 Å². The van der Waals surface area contributed by atoms with E-state index in [0.717, 1.165) is 23.3 Å². The van der Waals surface area contributed by atoms with Gasteiger partial charge in [0.2, 0.25) is 0 Å². The molecule has 4 rings (SSSR count). The fourth-order valence-electron chi connectivity index (χ4n) is 3.32. The quantitative estimate of drug-likeness (QED) is 0.472. The highest BCUT2D eigenvalue weighted by Crippen LogP contribution is 2.29. The van der Waals surface area contributed by atoms with Gasteiger partial charge in [0.1, 0.15) is 5.82 Å². The molecule has 0 fully saturated rings. The van der Waals surface area contributed by atoms with E-state index in [9.17, 15) is 0 Å². The van der Waals surface area contributed by atoms with Gasteiger partial charge in [0.25, 0.3) is 0 Å². The number of rotatable bonds is 5. The summed E-state index contributed by atoms with van der Waals surface area (Å²) in [4.78, 5) is 8.85. The zero-order valence-electron chi connectivity index (χ0n) is 15.7. The zero-order chi connectivity index (χ0) is 18.6. The molecule has 2 aromatic heterocycles. The number of benzene rings is 2. The molecule has 0 amide bonds. The van der Waals surface area contributed by atoms with Crippen LogP contribution in [0.1, 0.15) is 36.5 Å². The maximum atomic E-state index is 4.75. The number of anilines is 2. The molecule has 0 aliphatic heterocycles. The lowest BCUT2D eigenvalue weighted by atomic mass is 10.0. The second-order valence-corrected chi connectivity index (χ2v) is 7.12. The van der Waals surface area contributed by atoms with Crippen LogP contribution in [0.3, 0.4) is 0 Å². The van der Waals surface area contributed by atoms with Gasteiger partial charge < -0.3 is 5.32 Å². The van der Waals surface area contributed by atoms with Gasteiger partial charge in [-0.15, -0.1) is 0 Å². The third-order valence-electron chi connectivity index (χ3n) is 4.84. The number of hydrogen-bond donors (Lipinski definition) is 1. The lowest BCUT2D eigenvalue weighted by molar-refractivity contribution is 0.867. The summed E-state index contributed by atoms with van der Waals surface area (Å²) < 4.78 is 0. The van der Waals surface area contributed by atoms with Crippen LogP contribution in [0.25, 0.3) is 10.8 Å². The molecule has 0 bridgehead atoms. The minimum atomic E-state index is 0.499. The molecule has 1 N–H and O–H groups in total. The molecule has 134 valence electrons. The van der Waals surface area contributed by atoms with Crippen LogP contribution in [0.15, 0.2) is 79.3 Å². The number of fused-ring (bicyclic) bond motifs is 1. The van der Waals surface area contributed by atoms with E-state index in [4.69, 9.17) is 4.98 Å². The van der Waals surface area contributed by atoms with E-state index in [1.54, 1.807) is 0 Å². The molecule has 2 aromatic carbocycles. The van der Waals surface area contributed by atoms with Crippen molar-refractivity contribution in [2.24, 2.45) is 0 Å². The molecular weight excluding hydrogens is 330 g/mol. The van der Waals surface area contributed by atoms with Crippen LogP contribution in [0.5, 0.6) is 0 Å². The first-order chi connectivity index (χ1) is 13.2. The van der Waals surface area contributed by atoms with Crippen LogP contribution in [0.2, 0.25) is 0 Å². The Kier molecular flexibility index (Phi) is 4.84. The van der Waals surface area contributed by atoms with E-state index in [0.29, 0.717) is 5.92 Å². The van der Waals surface area contributed by atoms with Crippen molar-refractivity contribution in [1.82, 2.24) is 9.97 Å². The van der Waals surface area contributed by atoms with Crippen LogP contribution < -0.4 is 5.32 Å². The Morgan fingerprint density at radius 3 is 2.44 bits per heavy atom. The standard InChI is InChI=1S/C24H23N3/c1-17(2)19-6-5-7-21(15-19)27-24-23-9-4-3-8-22(23)20(16-26-24)14-18-10-12-25-13-11-18/h3-13,15-17H,14H2,1-2H3,(H,26,27). The molecule has 3 nitrogen and oxygen atoms in total. The molecule has 0 aliphatic carbocycles. The lowest BCUT2D eigenvalue weighted by Gasteiger charge is -2.14. The molecule has 0 saturated carbocycles. The Balaban J connectivity index is 1.71. The van der Waals surface area contributed by atoms with Gasteiger partial charge in [0.05, 0.1) is 0 Å². The van der Waals surface area contributed by atoms with Gasteiger partial charge in [-0.05, 0) is 58.7 Å². The van der Waals surface area contributed by atoms with E-state index in [1.165, 1.54) is 22.1 Å². The summed E-state index contributed by atoms with van der Waals surface area (Å²) in [5.41, 5.74) is 4.85. The van der Waals surface area contributed by atoms with Crippen molar-refractivity contribution >= 4 is 22.3 Å². The van der Waals surface area contributed by atoms with E-state index in [1.807, 2.05) is 18.6 Å². The van der Waals surface area contributed by atoms with Crippen molar-refractivity contribution in [3.05, 3.63) is 95.9 Å². The maximum Gasteiger partial charge on any atom is 0.138 e. The summed E-state index contributed by atoms with van der Waals surface area (Å²) >= 11 is 0. The van der Waals surface area contributed by atoms with Gasteiger partial charge in [-0.25, -0.2) is 4.98 Å². The van der Waals surface area contributed by atoms with Gasteiger partial charge in [-0.1, -0.05) is 50.2 Å². The Bertz CT molecular complexity index is 1060. The minimum Gasteiger partial charge on any atom is -0.340 e. The van der Waals surface area contributed by atoms with E-state index < -0.39 is 0 Å². The highest BCUT2D eigenvalue weighted by atomic mass is 15.0. The van der Waals surface area contributed by atoms with Gasteiger partial charge in [-0.2, -0.15) is 0 Å². The lowest BCUT2D eigenvalue weighted by Crippen LogP contribution is -1.99. The van der Waals surface area contributed by atoms with Crippen molar-refractivity contribution in [2.75, 3.05) is 5.32 Å². The first-order valence-corrected chi connectivity index (χ1v) is 9.33. The predicted octanol–water partition coefficient (Wildman–Crippen LogP) is 6.09. The van der Waals surface area contributed by atoms with Crippen LogP contribution in [-0.4, -0.2) is 9.97 Å². The second kappa shape index (κ2) is 7.58. The summed E-state index contributed by atoms with van der Waals surface area (Å²) in [7, 11) is 0.